The molecule has 5 aliphatic rings. The average Bonchev–Trinajstić information content (AvgIpc) is 2.63. The van der Waals surface area contributed by atoms with Crippen molar-refractivity contribution in [1.29, 1.82) is 0 Å². The molecule has 1 heterocycles. The number of hydrogen-bond acceptors (Lipinski definition) is 3. The first kappa shape index (κ1) is 18.7. The van der Waals surface area contributed by atoms with Crippen LogP contribution in [-0.4, -0.2) is 29.4 Å². The van der Waals surface area contributed by atoms with Gasteiger partial charge in [0.2, 0.25) is 0 Å². The number of fused-ring (bicyclic) bond motifs is 1. The van der Waals surface area contributed by atoms with Crippen molar-refractivity contribution in [1.82, 2.24) is 0 Å². The summed E-state index contributed by atoms with van der Waals surface area (Å²) in [6.07, 6.45) is 9.65. The Labute approximate surface area is 175 Å². The SMILES string of the molecule is O=C(CC12CC3CC(CC(Br)(C3)C1)C2)OCC(=O)N1CCCc2ccccc21. The van der Waals surface area contributed by atoms with E-state index in [-0.39, 0.29) is 28.2 Å². The molecule has 0 saturated heterocycles. The number of ether oxygens (including phenoxy) is 1. The molecule has 4 saturated carbocycles. The van der Waals surface area contributed by atoms with Crippen LogP contribution in [0.5, 0.6) is 0 Å². The molecular weight excluding hydrogens is 418 g/mol. The average molecular weight is 446 g/mol. The standard InChI is InChI=1S/C23H28BrNO3/c24-23-11-16-8-17(12-23)10-22(9-16,15-23)13-21(27)28-14-20(26)25-7-3-5-18-4-1-2-6-19(18)25/h1-2,4,6,16-17H,3,5,7-15H2. The minimum atomic E-state index is -0.198. The van der Waals surface area contributed by atoms with E-state index in [0.29, 0.717) is 13.0 Å². The number of nitrogens with zero attached hydrogens (tertiary/aromatic N) is 1. The Hall–Kier alpha value is -1.36. The number of anilines is 1. The van der Waals surface area contributed by atoms with Gasteiger partial charge in [-0.2, -0.15) is 0 Å². The van der Waals surface area contributed by atoms with E-state index in [0.717, 1.165) is 49.6 Å². The first-order chi connectivity index (χ1) is 13.4. The van der Waals surface area contributed by atoms with Gasteiger partial charge in [0, 0.05) is 16.6 Å². The van der Waals surface area contributed by atoms with Gasteiger partial charge in [-0.15, -0.1) is 0 Å². The highest BCUT2D eigenvalue weighted by atomic mass is 79.9. The molecule has 0 radical (unpaired) electrons. The lowest BCUT2D eigenvalue weighted by Crippen LogP contribution is -2.53. The van der Waals surface area contributed by atoms with Crippen LogP contribution in [0.4, 0.5) is 5.69 Å². The van der Waals surface area contributed by atoms with Crippen molar-refractivity contribution < 1.29 is 14.3 Å². The second-order valence-electron chi connectivity index (χ2n) is 9.73. The predicted octanol–water partition coefficient (Wildman–Crippen LogP) is 4.63. The molecule has 4 nitrogen and oxygen atoms in total. The van der Waals surface area contributed by atoms with E-state index in [1.54, 1.807) is 4.90 Å². The fraction of sp³-hybridized carbons (Fsp3) is 0.652. The molecule has 28 heavy (non-hydrogen) atoms. The summed E-state index contributed by atoms with van der Waals surface area (Å²) in [4.78, 5) is 27.2. The molecule has 2 atom stereocenters. The van der Waals surface area contributed by atoms with Crippen LogP contribution in [0, 0.1) is 17.3 Å². The first-order valence-corrected chi connectivity index (χ1v) is 11.5. The smallest absolute Gasteiger partial charge is 0.306 e. The third-order valence-electron chi connectivity index (χ3n) is 7.40. The lowest BCUT2D eigenvalue weighted by atomic mass is 9.49. The van der Waals surface area contributed by atoms with Crippen LogP contribution in [0.25, 0.3) is 0 Å². The van der Waals surface area contributed by atoms with E-state index in [2.05, 4.69) is 22.0 Å². The largest absolute Gasteiger partial charge is 0.456 e. The molecule has 4 aliphatic carbocycles. The van der Waals surface area contributed by atoms with Crippen molar-refractivity contribution >= 4 is 33.5 Å². The van der Waals surface area contributed by atoms with Crippen molar-refractivity contribution in [3.63, 3.8) is 0 Å². The normalized spacial score (nSPS) is 35.5. The van der Waals surface area contributed by atoms with Crippen LogP contribution >= 0.6 is 15.9 Å². The molecule has 2 unspecified atom stereocenters. The maximum absolute atomic E-state index is 12.7. The fourth-order valence-electron chi connectivity index (χ4n) is 6.91. The van der Waals surface area contributed by atoms with Crippen molar-refractivity contribution in [2.45, 2.75) is 62.1 Å². The van der Waals surface area contributed by atoms with Gasteiger partial charge in [-0.3, -0.25) is 9.59 Å². The van der Waals surface area contributed by atoms with E-state index < -0.39 is 0 Å². The molecular formula is C23H28BrNO3. The number of hydrogen-bond donors (Lipinski definition) is 0. The number of benzene rings is 1. The number of esters is 1. The van der Waals surface area contributed by atoms with Gasteiger partial charge in [-0.1, -0.05) is 34.1 Å². The molecule has 1 aromatic rings. The van der Waals surface area contributed by atoms with Gasteiger partial charge >= 0.3 is 5.97 Å². The molecule has 0 N–H and O–H groups in total. The fourth-order valence-corrected chi connectivity index (χ4v) is 8.42. The lowest BCUT2D eigenvalue weighted by Gasteiger charge is -2.60. The molecule has 1 amide bonds. The van der Waals surface area contributed by atoms with Crippen molar-refractivity contribution in [3.05, 3.63) is 29.8 Å². The number of para-hydroxylation sites is 1. The van der Waals surface area contributed by atoms with E-state index in [1.165, 1.54) is 24.8 Å². The summed E-state index contributed by atoms with van der Waals surface area (Å²) in [5, 5.41) is 0. The van der Waals surface area contributed by atoms with Crippen LogP contribution in [0.3, 0.4) is 0 Å². The Balaban J connectivity index is 1.20. The summed E-state index contributed by atoms with van der Waals surface area (Å²) in [6, 6.07) is 8.03. The van der Waals surface area contributed by atoms with Gasteiger partial charge in [-0.05, 0) is 80.2 Å². The summed E-state index contributed by atoms with van der Waals surface area (Å²) in [5.41, 5.74) is 2.26. The summed E-state index contributed by atoms with van der Waals surface area (Å²) in [5.74, 6) is 1.19. The Morgan fingerprint density at radius 2 is 1.89 bits per heavy atom. The second-order valence-corrected chi connectivity index (χ2v) is 11.4. The van der Waals surface area contributed by atoms with E-state index in [1.807, 2.05) is 18.2 Å². The van der Waals surface area contributed by atoms with Gasteiger partial charge in [0.05, 0.1) is 6.42 Å². The minimum Gasteiger partial charge on any atom is -0.456 e. The summed E-state index contributed by atoms with van der Waals surface area (Å²) in [7, 11) is 0. The summed E-state index contributed by atoms with van der Waals surface area (Å²) >= 11 is 4.00. The minimum absolute atomic E-state index is 0.0887. The highest BCUT2D eigenvalue weighted by Crippen LogP contribution is 2.65. The van der Waals surface area contributed by atoms with Crippen molar-refractivity contribution in [3.8, 4) is 0 Å². The quantitative estimate of drug-likeness (QED) is 0.501. The number of halogens is 1. The molecule has 1 aliphatic heterocycles. The maximum atomic E-state index is 12.7. The predicted molar refractivity (Wildman–Crippen MR) is 111 cm³/mol. The highest BCUT2D eigenvalue weighted by Gasteiger charge is 2.57. The topological polar surface area (TPSA) is 46.6 Å². The second kappa shape index (κ2) is 6.86. The number of carbonyl (C=O) groups is 2. The summed E-state index contributed by atoms with van der Waals surface area (Å²) < 4.78 is 5.74. The van der Waals surface area contributed by atoms with Gasteiger partial charge < -0.3 is 9.64 Å². The Kier molecular flexibility index (Phi) is 4.57. The Morgan fingerprint density at radius 3 is 2.64 bits per heavy atom. The number of aryl methyl sites for hydroxylation is 1. The van der Waals surface area contributed by atoms with Crippen LogP contribution in [0.2, 0.25) is 0 Å². The highest BCUT2D eigenvalue weighted by molar-refractivity contribution is 9.10. The van der Waals surface area contributed by atoms with Crippen LogP contribution in [-0.2, 0) is 20.7 Å². The van der Waals surface area contributed by atoms with E-state index in [9.17, 15) is 9.59 Å². The monoisotopic (exact) mass is 445 g/mol. The zero-order chi connectivity index (χ0) is 19.4. The number of carbonyl (C=O) groups excluding carboxylic acids is 2. The number of alkyl halides is 1. The molecule has 0 spiro atoms. The van der Waals surface area contributed by atoms with E-state index in [4.69, 9.17) is 4.74 Å². The summed E-state index contributed by atoms with van der Waals surface area (Å²) in [6.45, 7) is 0.558. The van der Waals surface area contributed by atoms with Crippen molar-refractivity contribution in [2.24, 2.45) is 17.3 Å². The van der Waals surface area contributed by atoms with Gasteiger partial charge in [0.15, 0.2) is 6.61 Å². The van der Waals surface area contributed by atoms with Gasteiger partial charge in [0.25, 0.3) is 5.91 Å². The molecule has 4 bridgehead atoms. The third kappa shape index (κ3) is 3.40. The molecule has 6 rings (SSSR count). The van der Waals surface area contributed by atoms with Gasteiger partial charge in [0.1, 0.15) is 0 Å². The van der Waals surface area contributed by atoms with Crippen molar-refractivity contribution in [2.75, 3.05) is 18.1 Å². The zero-order valence-electron chi connectivity index (χ0n) is 16.3. The third-order valence-corrected chi connectivity index (χ3v) is 8.33. The number of rotatable bonds is 4. The van der Waals surface area contributed by atoms with E-state index >= 15 is 0 Å². The van der Waals surface area contributed by atoms with Crippen LogP contribution in [0.15, 0.2) is 24.3 Å². The maximum Gasteiger partial charge on any atom is 0.306 e. The van der Waals surface area contributed by atoms with Crippen LogP contribution < -0.4 is 4.90 Å². The number of amides is 1. The molecule has 0 aromatic heterocycles. The molecule has 4 fully saturated rings. The lowest BCUT2D eigenvalue weighted by molar-refractivity contribution is -0.154. The van der Waals surface area contributed by atoms with Gasteiger partial charge in [-0.25, -0.2) is 0 Å². The Bertz CT molecular complexity index is 793. The zero-order valence-corrected chi connectivity index (χ0v) is 17.9. The molecule has 150 valence electrons. The van der Waals surface area contributed by atoms with Crippen LogP contribution in [0.1, 0.15) is 56.9 Å². The first-order valence-electron chi connectivity index (χ1n) is 10.7. The molecule has 5 heteroatoms. The Morgan fingerprint density at radius 1 is 1.14 bits per heavy atom. The molecule has 1 aromatic carbocycles.